The largest absolute Gasteiger partial charge is 0.496 e. The number of methoxy groups -OCH3 is 1. The third-order valence-corrected chi connectivity index (χ3v) is 6.76. The summed E-state index contributed by atoms with van der Waals surface area (Å²) in [6.07, 6.45) is 4.57. The van der Waals surface area contributed by atoms with E-state index in [1.165, 1.54) is 0 Å². The molecule has 6 nitrogen and oxygen atoms in total. The maximum Gasteiger partial charge on any atom is 0.243 e. The average Bonchev–Trinajstić information content (AvgIpc) is 2.66. The topological polar surface area (TPSA) is 75.7 Å². The van der Waals surface area contributed by atoms with Crippen molar-refractivity contribution in [3.05, 3.63) is 23.8 Å². The summed E-state index contributed by atoms with van der Waals surface area (Å²) >= 11 is 0. The van der Waals surface area contributed by atoms with Crippen LogP contribution in [0.25, 0.3) is 0 Å². The number of piperidine rings is 1. The second-order valence-electron chi connectivity index (χ2n) is 7.47. The Balaban J connectivity index is 2.07. The van der Waals surface area contributed by atoms with Crippen LogP contribution in [-0.2, 0) is 21.2 Å². The smallest absolute Gasteiger partial charge is 0.243 e. The molecule has 1 saturated heterocycles. The fraction of sp³-hybridized carbons (Fsp3) is 0.650. The molecule has 0 spiro atoms. The van der Waals surface area contributed by atoms with Crippen molar-refractivity contribution in [3.63, 3.8) is 0 Å². The molecule has 27 heavy (non-hydrogen) atoms. The zero-order chi connectivity index (χ0) is 19.9. The first-order valence-corrected chi connectivity index (χ1v) is 11.2. The van der Waals surface area contributed by atoms with Gasteiger partial charge in [0.25, 0.3) is 0 Å². The molecule has 1 aliphatic rings. The zero-order valence-corrected chi connectivity index (χ0v) is 17.5. The minimum absolute atomic E-state index is 0.0259. The highest BCUT2D eigenvalue weighted by Gasteiger charge is 2.26. The number of benzene rings is 1. The minimum atomic E-state index is -3.49. The number of hydrogen-bond acceptors (Lipinski definition) is 4. The molecule has 0 radical (unpaired) electrons. The SMILES string of the molecule is COc1ccc(S(=O)(=O)N2CCCCC2)cc1CCC(=O)NCCC(C)C. The fourth-order valence-electron chi connectivity index (χ4n) is 3.20. The normalized spacial score (nSPS) is 15.7. The number of ether oxygens (including phenoxy) is 1. The Morgan fingerprint density at radius 3 is 2.56 bits per heavy atom. The van der Waals surface area contributed by atoms with Crippen LogP contribution in [-0.4, -0.2) is 45.4 Å². The Kier molecular flexibility index (Phi) is 8.10. The monoisotopic (exact) mass is 396 g/mol. The Hall–Kier alpha value is -1.60. The number of sulfonamides is 1. The van der Waals surface area contributed by atoms with Gasteiger partial charge in [0, 0.05) is 26.1 Å². The van der Waals surface area contributed by atoms with Gasteiger partial charge in [0.15, 0.2) is 0 Å². The molecule has 1 aromatic rings. The van der Waals surface area contributed by atoms with Crippen LogP contribution in [0, 0.1) is 5.92 Å². The molecule has 152 valence electrons. The zero-order valence-electron chi connectivity index (χ0n) is 16.7. The first kappa shape index (κ1) is 21.7. The van der Waals surface area contributed by atoms with Crippen LogP contribution in [0.2, 0.25) is 0 Å². The predicted octanol–water partition coefficient (Wildman–Crippen LogP) is 2.96. The summed E-state index contributed by atoms with van der Waals surface area (Å²) in [5, 5.41) is 2.91. The van der Waals surface area contributed by atoms with E-state index >= 15 is 0 Å². The van der Waals surface area contributed by atoms with Gasteiger partial charge in [-0.05, 0) is 55.4 Å². The summed E-state index contributed by atoms with van der Waals surface area (Å²) < 4.78 is 32.7. The second kappa shape index (κ2) is 10.1. The van der Waals surface area contributed by atoms with Gasteiger partial charge in [-0.1, -0.05) is 20.3 Å². The lowest BCUT2D eigenvalue weighted by Crippen LogP contribution is -2.35. The van der Waals surface area contributed by atoms with Gasteiger partial charge >= 0.3 is 0 Å². The van der Waals surface area contributed by atoms with Crippen LogP contribution in [0.5, 0.6) is 5.75 Å². The summed E-state index contributed by atoms with van der Waals surface area (Å²) in [4.78, 5) is 12.3. The molecular formula is C20H32N2O4S. The van der Waals surface area contributed by atoms with Crippen LogP contribution in [0.3, 0.4) is 0 Å². The van der Waals surface area contributed by atoms with E-state index in [0.717, 1.165) is 31.2 Å². The van der Waals surface area contributed by atoms with E-state index in [2.05, 4.69) is 19.2 Å². The molecule has 0 aromatic heterocycles. The molecule has 1 heterocycles. The van der Waals surface area contributed by atoms with Crippen molar-refractivity contribution in [2.75, 3.05) is 26.7 Å². The summed E-state index contributed by atoms with van der Waals surface area (Å²) in [5.41, 5.74) is 0.745. The van der Waals surface area contributed by atoms with Crippen molar-refractivity contribution < 1.29 is 17.9 Å². The van der Waals surface area contributed by atoms with Crippen LogP contribution >= 0.6 is 0 Å². The van der Waals surface area contributed by atoms with E-state index in [1.54, 1.807) is 29.6 Å². The maximum atomic E-state index is 12.9. The molecule has 7 heteroatoms. The molecule has 0 saturated carbocycles. The number of amides is 1. The van der Waals surface area contributed by atoms with Crippen molar-refractivity contribution in [2.24, 2.45) is 5.92 Å². The van der Waals surface area contributed by atoms with E-state index in [1.807, 2.05) is 0 Å². The fourth-order valence-corrected chi connectivity index (χ4v) is 4.77. The van der Waals surface area contributed by atoms with Gasteiger partial charge in [0.2, 0.25) is 15.9 Å². The molecule has 1 fully saturated rings. The maximum absolute atomic E-state index is 12.9. The van der Waals surface area contributed by atoms with Crippen molar-refractivity contribution >= 4 is 15.9 Å². The molecule has 1 aromatic carbocycles. The number of nitrogens with one attached hydrogen (secondary N) is 1. The van der Waals surface area contributed by atoms with E-state index in [9.17, 15) is 13.2 Å². The second-order valence-corrected chi connectivity index (χ2v) is 9.41. The number of aryl methyl sites for hydroxylation is 1. The van der Waals surface area contributed by atoms with E-state index in [-0.39, 0.29) is 10.8 Å². The van der Waals surface area contributed by atoms with E-state index in [4.69, 9.17) is 4.74 Å². The van der Waals surface area contributed by atoms with Crippen molar-refractivity contribution in [1.82, 2.24) is 9.62 Å². The Morgan fingerprint density at radius 2 is 1.93 bits per heavy atom. The van der Waals surface area contributed by atoms with Gasteiger partial charge in [-0.3, -0.25) is 4.79 Å². The van der Waals surface area contributed by atoms with Crippen molar-refractivity contribution in [1.29, 1.82) is 0 Å². The number of rotatable bonds is 9. The van der Waals surface area contributed by atoms with Gasteiger partial charge in [-0.15, -0.1) is 0 Å². The molecule has 0 unspecified atom stereocenters. The molecule has 0 bridgehead atoms. The van der Waals surface area contributed by atoms with Gasteiger partial charge in [0.05, 0.1) is 12.0 Å². The van der Waals surface area contributed by atoms with Gasteiger partial charge in [-0.25, -0.2) is 8.42 Å². The lowest BCUT2D eigenvalue weighted by molar-refractivity contribution is -0.121. The van der Waals surface area contributed by atoms with Gasteiger partial charge in [0.1, 0.15) is 5.75 Å². The van der Waals surface area contributed by atoms with Crippen LogP contribution < -0.4 is 10.1 Å². The van der Waals surface area contributed by atoms with Gasteiger partial charge in [-0.2, -0.15) is 4.31 Å². The highest BCUT2D eigenvalue weighted by Crippen LogP contribution is 2.27. The van der Waals surface area contributed by atoms with Crippen molar-refractivity contribution in [3.8, 4) is 5.75 Å². The number of nitrogens with zero attached hydrogens (tertiary/aromatic N) is 1. The molecule has 2 rings (SSSR count). The molecular weight excluding hydrogens is 364 g/mol. The summed E-state index contributed by atoms with van der Waals surface area (Å²) in [6.45, 7) is 6.04. The molecule has 0 aliphatic carbocycles. The van der Waals surface area contributed by atoms with Gasteiger partial charge < -0.3 is 10.1 Å². The molecule has 1 N–H and O–H groups in total. The highest BCUT2D eigenvalue weighted by molar-refractivity contribution is 7.89. The molecule has 1 amide bonds. The lowest BCUT2D eigenvalue weighted by atomic mass is 10.1. The van der Waals surface area contributed by atoms with Crippen LogP contribution in [0.1, 0.15) is 51.5 Å². The Bertz CT molecular complexity index is 725. The average molecular weight is 397 g/mol. The first-order valence-electron chi connectivity index (χ1n) is 9.78. The number of carbonyl (C=O) groups is 1. The summed E-state index contributed by atoms with van der Waals surface area (Å²) in [7, 11) is -1.94. The number of hydrogen-bond donors (Lipinski definition) is 1. The predicted molar refractivity (Wildman–Crippen MR) is 106 cm³/mol. The van der Waals surface area contributed by atoms with E-state index in [0.29, 0.717) is 44.1 Å². The lowest BCUT2D eigenvalue weighted by Gasteiger charge is -2.26. The quantitative estimate of drug-likeness (QED) is 0.696. The van der Waals surface area contributed by atoms with Crippen molar-refractivity contribution in [2.45, 2.75) is 57.3 Å². The van der Waals surface area contributed by atoms with E-state index < -0.39 is 10.0 Å². The highest BCUT2D eigenvalue weighted by atomic mass is 32.2. The summed E-state index contributed by atoms with van der Waals surface area (Å²) in [6, 6.07) is 4.93. The summed E-state index contributed by atoms with van der Waals surface area (Å²) in [5.74, 6) is 1.13. The third-order valence-electron chi connectivity index (χ3n) is 4.87. The standard InChI is InChI=1S/C20H32N2O4S/c1-16(2)11-12-21-20(23)10-7-17-15-18(8-9-19(17)26-3)27(24,25)22-13-5-4-6-14-22/h8-9,15-16H,4-7,10-14H2,1-3H3,(H,21,23). The Labute approximate surface area is 163 Å². The van der Waals surface area contributed by atoms with Crippen LogP contribution in [0.15, 0.2) is 23.1 Å². The molecule has 0 atom stereocenters. The first-order chi connectivity index (χ1) is 12.8. The third kappa shape index (κ3) is 6.21. The Morgan fingerprint density at radius 1 is 1.22 bits per heavy atom. The molecule has 1 aliphatic heterocycles. The number of carbonyl (C=O) groups excluding carboxylic acids is 1. The van der Waals surface area contributed by atoms with Crippen LogP contribution in [0.4, 0.5) is 0 Å². The minimum Gasteiger partial charge on any atom is -0.496 e.